The van der Waals surface area contributed by atoms with Gasteiger partial charge in [0.25, 0.3) is 5.91 Å². The van der Waals surface area contributed by atoms with Crippen LogP contribution in [-0.4, -0.2) is 50.8 Å². The number of benzene rings is 1. The molecule has 0 radical (unpaired) electrons. The lowest BCUT2D eigenvalue weighted by molar-refractivity contribution is -0.132. The fourth-order valence-corrected chi connectivity index (χ4v) is 2.50. The van der Waals surface area contributed by atoms with Crippen LogP contribution in [0.2, 0.25) is 5.02 Å². The molecule has 1 N–H and O–H groups in total. The van der Waals surface area contributed by atoms with Crippen LogP contribution in [0.3, 0.4) is 0 Å². The maximum atomic E-state index is 12.0. The number of carbonyl (C=O) groups is 1. The van der Waals surface area contributed by atoms with Gasteiger partial charge < -0.3 is 19.7 Å². The van der Waals surface area contributed by atoms with Gasteiger partial charge in [-0.2, -0.15) is 0 Å². The summed E-state index contributed by atoms with van der Waals surface area (Å²) in [6, 6.07) is 5.61. The van der Waals surface area contributed by atoms with Crippen molar-refractivity contribution in [2.24, 2.45) is 0 Å². The highest BCUT2D eigenvalue weighted by Crippen LogP contribution is 2.31. The van der Waals surface area contributed by atoms with E-state index in [9.17, 15) is 4.79 Å². The van der Waals surface area contributed by atoms with Crippen molar-refractivity contribution in [1.82, 2.24) is 10.2 Å². The fraction of sp³-hybridized carbons (Fsp3) is 0.533. The van der Waals surface area contributed by atoms with E-state index in [0.717, 1.165) is 18.7 Å². The second-order valence-electron chi connectivity index (χ2n) is 5.05. The highest BCUT2D eigenvalue weighted by atomic mass is 35.5. The number of carbonyl (C=O) groups excluding carboxylic acids is 1. The summed E-state index contributed by atoms with van der Waals surface area (Å²) in [5.41, 5.74) is 0.945. The molecule has 0 bridgehead atoms. The van der Waals surface area contributed by atoms with E-state index in [4.69, 9.17) is 21.1 Å². The predicted molar refractivity (Wildman–Crippen MR) is 81.7 cm³/mol. The Kier molecular flexibility index (Phi) is 5.85. The molecule has 0 spiro atoms. The Hall–Kier alpha value is -1.30. The lowest BCUT2D eigenvalue weighted by Crippen LogP contribution is -2.30. The lowest BCUT2D eigenvalue weighted by Gasteiger charge is -2.17. The van der Waals surface area contributed by atoms with Crippen molar-refractivity contribution in [3.05, 3.63) is 28.8 Å². The Morgan fingerprint density at radius 2 is 2.29 bits per heavy atom. The smallest absolute Gasteiger partial charge is 0.263 e. The van der Waals surface area contributed by atoms with E-state index in [-0.39, 0.29) is 5.91 Å². The van der Waals surface area contributed by atoms with E-state index in [1.807, 2.05) is 12.1 Å². The van der Waals surface area contributed by atoms with E-state index >= 15 is 0 Å². The van der Waals surface area contributed by atoms with Crippen LogP contribution in [0, 0.1) is 0 Å². The summed E-state index contributed by atoms with van der Waals surface area (Å²) in [6.45, 7) is 2.72. The molecule has 5 nitrogen and oxygen atoms in total. The Balaban J connectivity index is 2.05. The monoisotopic (exact) mass is 312 g/mol. The minimum Gasteiger partial charge on any atom is -0.479 e. The Morgan fingerprint density at radius 3 is 2.95 bits per heavy atom. The van der Waals surface area contributed by atoms with E-state index in [1.165, 1.54) is 0 Å². The van der Waals surface area contributed by atoms with Crippen LogP contribution in [0.5, 0.6) is 5.75 Å². The summed E-state index contributed by atoms with van der Waals surface area (Å²) in [5, 5.41) is 3.79. The molecule has 1 aromatic carbocycles. The van der Waals surface area contributed by atoms with Gasteiger partial charge in [0.2, 0.25) is 0 Å². The number of hydrogen-bond donors (Lipinski definition) is 1. The van der Waals surface area contributed by atoms with E-state index in [1.54, 1.807) is 25.1 Å². The molecule has 1 amide bonds. The summed E-state index contributed by atoms with van der Waals surface area (Å²) in [5.74, 6) is 0.603. The van der Waals surface area contributed by atoms with Crippen molar-refractivity contribution >= 4 is 17.5 Å². The molecule has 1 heterocycles. The molecule has 1 saturated heterocycles. The van der Waals surface area contributed by atoms with Crippen LogP contribution in [0.25, 0.3) is 0 Å². The number of methoxy groups -OCH3 is 1. The van der Waals surface area contributed by atoms with Crippen molar-refractivity contribution in [3.8, 4) is 5.75 Å². The van der Waals surface area contributed by atoms with Crippen molar-refractivity contribution in [1.29, 1.82) is 0 Å². The molecule has 1 aliphatic rings. The molecular formula is C15H21ClN2O3. The first-order valence-corrected chi connectivity index (χ1v) is 7.40. The average Bonchev–Trinajstić information content (AvgIpc) is 2.78. The van der Waals surface area contributed by atoms with Crippen LogP contribution >= 0.6 is 11.6 Å². The number of nitrogens with one attached hydrogen (secondary N) is 1. The standard InChI is InChI=1S/C15H21ClN2O3/c1-18-8-6-13(15(18)19)21-14-11(4-3-5-12(14)16)10-17-7-9-20-2/h3-5,13,17H,6-10H2,1-2H3. The molecule has 1 atom stereocenters. The summed E-state index contributed by atoms with van der Waals surface area (Å²) >= 11 is 6.23. The van der Waals surface area contributed by atoms with Gasteiger partial charge in [-0.3, -0.25) is 4.79 Å². The van der Waals surface area contributed by atoms with Crippen molar-refractivity contribution in [2.75, 3.05) is 33.9 Å². The van der Waals surface area contributed by atoms with Crippen molar-refractivity contribution < 1.29 is 14.3 Å². The predicted octanol–water partition coefficient (Wildman–Crippen LogP) is 1.69. The topological polar surface area (TPSA) is 50.8 Å². The SMILES string of the molecule is COCCNCc1cccc(Cl)c1OC1CCN(C)C1=O. The van der Waals surface area contributed by atoms with Gasteiger partial charge >= 0.3 is 0 Å². The van der Waals surface area contributed by atoms with Crippen LogP contribution in [0.1, 0.15) is 12.0 Å². The number of likely N-dealkylation sites (tertiary alicyclic amines) is 1. The molecule has 1 aromatic rings. The number of rotatable bonds is 7. The molecule has 1 fully saturated rings. The second-order valence-corrected chi connectivity index (χ2v) is 5.46. The number of amides is 1. The van der Waals surface area contributed by atoms with Gasteiger partial charge in [0.05, 0.1) is 11.6 Å². The first-order valence-electron chi connectivity index (χ1n) is 7.02. The minimum atomic E-state index is -0.437. The largest absolute Gasteiger partial charge is 0.479 e. The molecule has 6 heteroatoms. The summed E-state index contributed by atoms with van der Waals surface area (Å²) in [6.07, 6.45) is 0.254. The third kappa shape index (κ3) is 4.09. The van der Waals surface area contributed by atoms with Crippen LogP contribution in [0.4, 0.5) is 0 Å². The van der Waals surface area contributed by atoms with Crippen molar-refractivity contribution in [3.63, 3.8) is 0 Å². The number of para-hydroxylation sites is 1. The first-order chi connectivity index (χ1) is 10.1. The van der Waals surface area contributed by atoms with E-state index in [0.29, 0.717) is 30.3 Å². The van der Waals surface area contributed by atoms with Gasteiger partial charge in [-0.1, -0.05) is 23.7 Å². The quantitative estimate of drug-likeness (QED) is 0.778. The third-order valence-electron chi connectivity index (χ3n) is 3.49. The van der Waals surface area contributed by atoms with Gasteiger partial charge in [0.15, 0.2) is 6.10 Å². The number of halogens is 1. The van der Waals surface area contributed by atoms with Gasteiger partial charge in [-0.05, 0) is 6.07 Å². The number of ether oxygens (including phenoxy) is 2. The molecule has 116 valence electrons. The van der Waals surface area contributed by atoms with Gasteiger partial charge in [-0.15, -0.1) is 0 Å². The van der Waals surface area contributed by atoms with Crippen LogP contribution in [-0.2, 0) is 16.1 Å². The number of nitrogens with zero attached hydrogens (tertiary/aromatic N) is 1. The molecule has 0 aliphatic carbocycles. The van der Waals surface area contributed by atoms with Gasteiger partial charge in [-0.25, -0.2) is 0 Å². The Bertz CT molecular complexity index is 496. The highest BCUT2D eigenvalue weighted by Gasteiger charge is 2.31. The Morgan fingerprint density at radius 1 is 1.48 bits per heavy atom. The zero-order valence-electron chi connectivity index (χ0n) is 12.4. The molecule has 2 rings (SSSR count). The molecule has 21 heavy (non-hydrogen) atoms. The minimum absolute atomic E-state index is 0.00760. The van der Waals surface area contributed by atoms with Crippen LogP contribution < -0.4 is 10.1 Å². The van der Waals surface area contributed by atoms with Crippen molar-refractivity contribution in [2.45, 2.75) is 19.1 Å². The average molecular weight is 313 g/mol. The molecule has 1 unspecified atom stereocenters. The zero-order valence-corrected chi connectivity index (χ0v) is 13.2. The number of hydrogen-bond acceptors (Lipinski definition) is 4. The van der Waals surface area contributed by atoms with E-state index < -0.39 is 6.10 Å². The molecular weight excluding hydrogens is 292 g/mol. The van der Waals surface area contributed by atoms with Gasteiger partial charge in [0, 0.05) is 45.8 Å². The normalized spacial score (nSPS) is 18.3. The lowest BCUT2D eigenvalue weighted by atomic mass is 10.2. The Labute approximate surface area is 130 Å². The number of likely N-dealkylation sites (N-methyl/N-ethyl adjacent to an activating group) is 1. The summed E-state index contributed by atoms with van der Waals surface area (Å²) in [7, 11) is 3.45. The summed E-state index contributed by atoms with van der Waals surface area (Å²) in [4.78, 5) is 13.6. The second kappa shape index (κ2) is 7.64. The van der Waals surface area contributed by atoms with Gasteiger partial charge in [0.1, 0.15) is 5.75 Å². The van der Waals surface area contributed by atoms with E-state index in [2.05, 4.69) is 5.32 Å². The molecule has 0 aromatic heterocycles. The molecule has 1 aliphatic heterocycles. The third-order valence-corrected chi connectivity index (χ3v) is 3.78. The maximum Gasteiger partial charge on any atom is 0.263 e. The summed E-state index contributed by atoms with van der Waals surface area (Å²) < 4.78 is 10.9. The highest BCUT2D eigenvalue weighted by molar-refractivity contribution is 6.32. The molecule has 0 saturated carbocycles. The van der Waals surface area contributed by atoms with Crippen LogP contribution in [0.15, 0.2) is 18.2 Å². The fourth-order valence-electron chi connectivity index (χ4n) is 2.26. The zero-order chi connectivity index (χ0) is 15.2. The maximum absolute atomic E-state index is 12.0. The first kappa shape index (κ1) is 16.1.